The van der Waals surface area contributed by atoms with Gasteiger partial charge in [0.1, 0.15) is 10.8 Å². The van der Waals surface area contributed by atoms with E-state index in [1.807, 2.05) is 36.4 Å². The number of hydrogen-bond donors (Lipinski definition) is 1. The second-order valence-corrected chi connectivity index (χ2v) is 5.71. The van der Waals surface area contributed by atoms with Crippen LogP contribution in [0.4, 0.5) is 0 Å². The fourth-order valence-corrected chi connectivity index (χ4v) is 2.99. The van der Waals surface area contributed by atoms with Gasteiger partial charge < -0.3 is 14.6 Å². The Bertz CT molecular complexity index is 839. The Morgan fingerprint density at radius 1 is 1.05 bits per heavy atom. The highest BCUT2D eigenvalue weighted by molar-refractivity contribution is 7.19. The fraction of sp³-hybridized carbons (Fsp3) is 0.118. The summed E-state index contributed by atoms with van der Waals surface area (Å²) in [7, 11) is 3.19. The number of thiazole rings is 1. The van der Waals surface area contributed by atoms with Gasteiger partial charge in [-0.3, -0.25) is 0 Å². The molecule has 0 saturated heterocycles. The van der Waals surface area contributed by atoms with Crippen molar-refractivity contribution in [2.45, 2.75) is 0 Å². The van der Waals surface area contributed by atoms with Gasteiger partial charge in [-0.2, -0.15) is 0 Å². The number of nitrogens with zero attached hydrogens (tertiary/aromatic N) is 1. The van der Waals surface area contributed by atoms with Gasteiger partial charge in [0.15, 0.2) is 11.5 Å². The topological polar surface area (TPSA) is 51.6 Å². The molecule has 1 aromatic heterocycles. The lowest BCUT2D eigenvalue weighted by Gasteiger charge is -2.03. The molecule has 0 spiro atoms. The van der Waals surface area contributed by atoms with Crippen LogP contribution in [0.1, 0.15) is 10.6 Å². The zero-order chi connectivity index (χ0) is 15.5. The van der Waals surface area contributed by atoms with Crippen LogP contribution in [-0.4, -0.2) is 24.3 Å². The molecule has 0 aliphatic carbocycles. The van der Waals surface area contributed by atoms with Crippen LogP contribution in [0.15, 0.2) is 36.4 Å². The van der Waals surface area contributed by atoms with Crippen molar-refractivity contribution in [3.8, 4) is 17.2 Å². The van der Waals surface area contributed by atoms with Crippen molar-refractivity contribution >= 4 is 33.7 Å². The van der Waals surface area contributed by atoms with Gasteiger partial charge in [0, 0.05) is 0 Å². The van der Waals surface area contributed by atoms with Crippen molar-refractivity contribution < 1.29 is 14.6 Å². The van der Waals surface area contributed by atoms with Crippen LogP contribution in [0.25, 0.3) is 22.4 Å². The Kier molecular flexibility index (Phi) is 3.98. The van der Waals surface area contributed by atoms with Gasteiger partial charge in [-0.25, -0.2) is 4.98 Å². The summed E-state index contributed by atoms with van der Waals surface area (Å²) in [4.78, 5) is 4.56. The summed E-state index contributed by atoms with van der Waals surface area (Å²) < 4.78 is 11.4. The number of fused-ring (bicyclic) bond motifs is 1. The number of phenolic OH excluding ortho intramolecular Hbond substituents is 1. The molecule has 0 aliphatic rings. The Morgan fingerprint density at radius 3 is 2.68 bits per heavy atom. The lowest BCUT2D eigenvalue weighted by molar-refractivity contribution is 0.373. The average Bonchev–Trinajstić information content (AvgIpc) is 2.95. The summed E-state index contributed by atoms with van der Waals surface area (Å²) in [6.45, 7) is 0. The summed E-state index contributed by atoms with van der Waals surface area (Å²) in [5.41, 5.74) is 1.89. The molecule has 2 aromatic carbocycles. The van der Waals surface area contributed by atoms with E-state index in [0.717, 1.165) is 26.5 Å². The van der Waals surface area contributed by atoms with Gasteiger partial charge in [0.2, 0.25) is 0 Å². The van der Waals surface area contributed by atoms with E-state index in [1.54, 1.807) is 30.6 Å². The molecule has 0 fully saturated rings. The first-order valence-corrected chi connectivity index (χ1v) is 7.51. The van der Waals surface area contributed by atoms with Crippen molar-refractivity contribution in [2.24, 2.45) is 0 Å². The highest BCUT2D eigenvalue weighted by Gasteiger charge is 2.04. The van der Waals surface area contributed by atoms with Crippen molar-refractivity contribution in [3.63, 3.8) is 0 Å². The first-order chi connectivity index (χ1) is 10.7. The molecule has 1 N–H and O–H groups in total. The van der Waals surface area contributed by atoms with E-state index in [9.17, 15) is 5.11 Å². The van der Waals surface area contributed by atoms with E-state index in [0.29, 0.717) is 5.75 Å². The van der Waals surface area contributed by atoms with Crippen LogP contribution in [0.3, 0.4) is 0 Å². The minimum absolute atomic E-state index is 0.131. The first kappa shape index (κ1) is 14.4. The molecule has 3 aromatic rings. The third-order valence-corrected chi connectivity index (χ3v) is 4.22. The molecule has 0 radical (unpaired) electrons. The lowest BCUT2D eigenvalue weighted by Crippen LogP contribution is -1.84. The van der Waals surface area contributed by atoms with Crippen LogP contribution in [0.5, 0.6) is 17.2 Å². The van der Waals surface area contributed by atoms with E-state index in [4.69, 9.17) is 9.47 Å². The molecule has 0 unspecified atom stereocenters. The molecule has 22 heavy (non-hydrogen) atoms. The largest absolute Gasteiger partial charge is 0.504 e. The van der Waals surface area contributed by atoms with E-state index < -0.39 is 0 Å². The number of ether oxygens (including phenoxy) is 2. The van der Waals surface area contributed by atoms with Gasteiger partial charge in [0.05, 0.1) is 24.4 Å². The maximum Gasteiger partial charge on any atom is 0.161 e. The van der Waals surface area contributed by atoms with Crippen LogP contribution < -0.4 is 9.47 Å². The quantitative estimate of drug-likeness (QED) is 0.784. The van der Waals surface area contributed by atoms with E-state index in [1.165, 1.54) is 7.11 Å². The lowest BCUT2D eigenvalue weighted by atomic mass is 10.2. The van der Waals surface area contributed by atoms with E-state index in [2.05, 4.69) is 4.98 Å². The number of aromatic nitrogens is 1. The Hall–Kier alpha value is -2.53. The summed E-state index contributed by atoms with van der Waals surface area (Å²) in [5, 5.41) is 10.5. The van der Waals surface area contributed by atoms with Crippen LogP contribution >= 0.6 is 11.3 Å². The standard InChI is InChI=1S/C17H15NO3S/c1-20-12-5-6-13-16(10-12)22-17(18-13)8-4-11-3-7-14(19)15(9-11)21-2/h3-10,19H,1-2H3/b8-4+. The number of rotatable bonds is 4. The molecule has 4 nitrogen and oxygen atoms in total. The fourth-order valence-electron chi connectivity index (χ4n) is 2.09. The molecule has 0 bridgehead atoms. The van der Waals surface area contributed by atoms with Gasteiger partial charge in [-0.15, -0.1) is 11.3 Å². The molecule has 0 aliphatic heterocycles. The molecule has 5 heteroatoms. The SMILES string of the molecule is COc1ccc2nc(/C=C/c3ccc(O)c(OC)c3)sc2c1. The highest BCUT2D eigenvalue weighted by Crippen LogP contribution is 2.29. The van der Waals surface area contributed by atoms with Gasteiger partial charge in [0.25, 0.3) is 0 Å². The Labute approximate surface area is 132 Å². The average molecular weight is 313 g/mol. The molecule has 1 heterocycles. The van der Waals surface area contributed by atoms with Crippen molar-refractivity contribution in [1.82, 2.24) is 4.98 Å². The first-order valence-electron chi connectivity index (χ1n) is 6.69. The molecule has 0 amide bonds. The minimum atomic E-state index is 0.131. The minimum Gasteiger partial charge on any atom is -0.504 e. The van der Waals surface area contributed by atoms with Crippen LogP contribution in [0.2, 0.25) is 0 Å². The number of benzene rings is 2. The number of aromatic hydroxyl groups is 1. The normalized spacial score (nSPS) is 11.2. The summed E-state index contributed by atoms with van der Waals surface area (Å²) in [5.74, 6) is 1.41. The van der Waals surface area contributed by atoms with E-state index in [-0.39, 0.29) is 5.75 Å². The molecular weight excluding hydrogens is 298 g/mol. The predicted molar refractivity (Wildman–Crippen MR) is 89.8 cm³/mol. The third kappa shape index (κ3) is 2.89. The van der Waals surface area contributed by atoms with Gasteiger partial charge in [-0.05, 0) is 42.0 Å². The number of phenols is 1. The maximum atomic E-state index is 9.59. The smallest absolute Gasteiger partial charge is 0.161 e. The molecular formula is C17H15NO3S. The molecule has 0 atom stereocenters. The Balaban J connectivity index is 1.88. The monoisotopic (exact) mass is 313 g/mol. The maximum absolute atomic E-state index is 9.59. The second kappa shape index (κ2) is 6.07. The molecule has 0 saturated carbocycles. The summed E-state index contributed by atoms with van der Waals surface area (Å²) >= 11 is 1.60. The van der Waals surface area contributed by atoms with Gasteiger partial charge in [-0.1, -0.05) is 12.1 Å². The highest BCUT2D eigenvalue weighted by atomic mass is 32.1. The predicted octanol–water partition coefficient (Wildman–Crippen LogP) is 4.19. The van der Waals surface area contributed by atoms with Crippen LogP contribution in [0, 0.1) is 0 Å². The third-order valence-electron chi connectivity index (χ3n) is 3.23. The van der Waals surface area contributed by atoms with Crippen molar-refractivity contribution in [3.05, 3.63) is 47.0 Å². The number of methoxy groups -OCH3 is 2. The van der Waals surface area contributed by atoms with Crippen molar-refractivity contribution in [1.29, 1.82) is 0 Å². The second-order valence-electron chi connectivity index (χ2n) is 4.65. The summed E-state index contributed by atoms with van der Waals surface area (Å²) in [6.07, 6.45) is 3.89. The van der Waals surface area contributed by atoms with Crippen LogP contribution in [-0.2, 0) is 0 Å². The Morgan fingerprint density at radius 2 is 1.91 bits per heavy atom. The zero-order valence-electron chi connectivity index (χ0n) is 12.2. The van der Waals surface area contributed by atoms with Gasteiger partial charge >= 0.3 is 0 Å². The molecule has 112 valence electrons. The summed E-state index contributed by atoms with van der Waals surface area (Å²) in [6, 6.07) is 11.1. The molecule has 3 rings (SSSR count). The zero-order valence-corrected chi connectivity index (χ0v) is 13.1. The van der Waals surface area contributed by atoms with E-state index >= 15 is 0 Å². The number of hydrogen-bond acceptors (Lipinski definition) is 5. The van der Waals surface area contributed by atoms with Crippen molar-refractivity contribution in [2.75, 3.05) is 14.2 Å².